The van der Waals surface area contributed by atoms with E-state index in [1.165, 1.54) is 6.26 Å². The molecule has 0 radical (unpaired) electrons. The molecule has 0 spiro atoms. The first-order valence-electron chi connectivity index (χ1n) is 8.29. The van der Waals surface area contributed by atoms with Crippen molar-refractivity contribution < 1.29 is 14.3 Å². The number of carbonyl (C=O) groups excluding carboxylic acids is 1. The minimum Gasteiger partial charge on any atom is -0.448 e. The fourth-order valence-corrected chi connectivity index (χ4v) is 2.76. The third-order valence-corrected chi connectivity index (χ3v) is 4.44. The fraction of sp³-hybridized carbons (Fsp3) is 0.278. The molecule has 4 heterocycles. The summed E-state index contributed by atoms with van der Waals surface area (Å²) in [7, 11) is 0. The lowest BCUT2D eigenvalue weighted by atomic mass is 10.0. The van der Waals surface area contributed by atoms with Crippen LogP contribution in [0.25, 0.3) is 11.4 Å². The van der Waals surface area contributed by atoms with Crippen LogP contribution in [0.2, 0.25) is 0 Å². The number of nitrogens with zero attached hydrogens (tertiary/aromatic N) is 5. The lowest BCUT2D eigenvalue weighted by molar-refractivity contribution is -0.0360. The molecule has 8 heteroatoms. The zero-order valence-electron chi connectivity index (χ0n) is 14.1. The minimum atomic E-state index is -0.474. The summed E-state index contributed by atoms with van der Waals surface area (Å²) in [6, 6.07) is 9.06. The molecule has 1 aliphatic rings. The van der Waals surface area contributed by atoms with Crippen LogP contribution in [-0.2, 0) is 6.42 Å². The number of hydrogen-bond acceptors (Lipinski definition) is 7. The number of rotatable bonds is 4. The third-order valence-electron chi connectivity index (χ3n) is 4.44. The Kier molecular flexibility index (Phi) is 4.18. The summed E-state index contributed by atoms with van der Waals surface area (Å²) in [5.41, 5.74) is 2.35. The highest BCUT2D eigenvalue weighted by atomic mass is 16.3. The van der Waals surface area contributed by atoms with Gasteiger partial charge in [-0.1, -0.05) is 6.07 Å². The van der Waals surface area contributed by atoms with Crippen LogP contribution < -0.4 is 0 Å². The second-order valence-electron chi connectivity index (χ2n) is 6.19. The topological polar surface area (TPSA) is 105 Å². The SMILES string of the molecule is CC1C(O)CN1C(=O)c1coc(Cc2ccc(-c3ccccn3)nn2)n1. The van der Waals surface area contributed by atoms with Crippen molar-refractivity contribution in [2.24, 2.45) is 0 Å². The van der Waals surface area contributed by atoms with E-state index in [-0.39, 0.29) is 17.6 Å². The molecule has 132 valence electrons. The first-order chi connectivity index (χ1) is 12.6. The number of aromatic nitrogens is 4. The lowest BCUT2D eigenvalue weighted by Gasteiger charge is -2.42. The quantitative estimate of drug-likeness (QED) is 0.756. The molecular weight excluding hydrogens is 334 g/mol. The summed E-state index contributed by atoms with van der Waals surface area (Å²) in [5, 5.41) is 17.9. The molecule has 26 heavy (non-hydrogen) atoms. The van der Waals surface area contributed by atoms with E-state index in [2.05, 4.69) is 20.2 Å². The van der Waals surface area contributed by atoms with E-state index in [0.29, 0.717) is 30.2 Å². The third kappa shape index (κ3) is 3.06. The maximum atomic E-state index is 12.3. The Balaban J connectivity index is 1.43. The first-order valence-corrected chi connectivity index (χ1v) is 8.29. The highest BCUT2D eigenvalue weighted by molar-refractivity contribution is 5.92. The van der Waals surface area contributed by atoms with Gasteiger partial charge in [0.1, 0.15) is 12.0 Å². The zero-order valence-corrected chi connectivity index (χ0v) is 14.1. The summed E-state index contributed by atoms with van der Waals surface area (Å²) in [4.78, 5) is 22.3. The Labute approximate surface area is 149 Å². The number of amides is 1. The van der Waals surface area contributed by atoms with Crippen molar-refractivity contribution in [1.82, 2.24) is 25.1 Å². The van der Waals surface area contributed by atoms with Gasteiger partial charge in [-0.05, 0) is 31.2 Å². The van der Waals surface area contributed by atoms with Crippen molar-refractivity contribution in [3.05, 3.63) is 60.1 Å². The normalized spacial score (nSPS) is 19.2. The van der Waals surface area contributed by atoms with Crippen LogP contribution in [0.1, 0.15) is 29.0 Å². The van der Waals surface area contributed by atoms with Crippen molar-refractivity contribution >= 4 is 5.91 Å². The number of aliphatic hydroxyl groups excluding tert-OH is 1. The number of aliphatic hydroxyl groups is 1. The predicted octanol–water partition coefficient (Wildman–Crippen LogP) is 1.32. The van der Waals surface area contributed by atoms with Gasteiger partial charge in [-0.15, -0.1) is 5.10 Å². The lowest BCUT2D eigenvalue weighted by Crippen LogP contribution is -2.60. The molecule has 3 aromatic rings. The average molecular weight is 351 g/mol. The van der Waals surface area contributed by atoms with E-state index in [4.69, 9.17) is 4.42 Å². The molecule has 1 aliphatic heterocycles. The highest BCUT2D eigenvalue weighted by Crippen LogP contribution is 2.21. The molecule has 0 aliphatic carbocycles. The summed E-state index contributed by atoms with van der Waals surface area (Å²) in [6.07, 6.45) is 2.90. The largest absolute Gasteiger partial charge is 0.448 e. The maximum absolute atomic E-state index is 12.3. The molecule has 0 bridgehead atoms. The summed E-state index contributed by atoms with van der Waals surface area (Å²) >= 11 is 0. The van der Waals surface area contributed by atoms with Crippen molar-refractivity contribution in [1.29, 1.82) is 0 Å². The molecule has 2 unspecified atom stereocenters. The highest BCUT2D eigenvalue weighted by Gasteiger charge is 2.38. The molecule has 0 saturated carbocycles. The van der Waals surface area contributed by atoms with Crippen LogP contribution in [0.3, 0.4) is 0 Å². The minimum absolute atomic E-state index is 0.201. The molecule has 1 fully saturated rings. The number of pyridine rings is 1. The second kappa shape index (κ2) is 6.64. The van der Waals surface area contributed by atoms with Crippen LogP contribution in [0.5, 0.6) is 0 Å². The fourth-order valence-electron chi connectivity index (χ4n) is 2.76. The van der Waals surface area contributed by atoms with Gasteiger partial charge in [0.15, 0.2) is 5.69 Å². The molecule has 0 aromatic carbocycles. The molecule has 1 N–H and O–H groups in total. The van der Waals surface area contributed by atoms with E-state index in [1.54, 1.807) is 18.0 Å². The van der Waals surface area contributed by atoms with Gasteiger partial charge in [0.2, 0.25) is 5.89 Å². The van der Waals surface area contributed by atoms with Gasteiger partial charge in [0.05, 0.1) is 30.0 Å². The number of hydrogen-bond donors (Lipinski definition) is 1. The van der Waals surface area contributed by atoms with E-state index in [1.807, 2.05) is 30.3 Å². The Morgan fingerprint density at radius 2 is 2.15 bits per heavy atom. The monoisotopic (exact) mass is 351 g/mol. The average Bonchev–Trinajstić information content (AvgIpc) is 3.15. The van der Waals surface area contributed by atoms with Crippen molar-refractivity contribution in [3.63, 3.8) is 0 Å². The van der Waals surface area contributed by atoms with Gasteiger partial charge < -0.3 is 14.4 Å². The summed E-state index contributed by atoms with van der Waals surface area (Å²) in [5.74, 6) is 0.149. The maximum Gasteiger partial charge on any atom is 0.276 e. The van der Waals surface area contributed by atoms with E-state index in [9.17, 15) is 9.90 Å². The molecule has 8 nitrogen and oxygen atoms in total. The van der Waals surface area contributed by atoms with E-state index in [0.717, 1.165) is 5.69 Å². The Bertz CT molecular complexity index is 910. The number of β-amino-alcohol motifs (C(OH)–C–C–N with tert-alkyl or cyclic N) is 1. The number of likely N-dealkylation sites (tertiary alicyclic amines) is 1. The van der Waals surface area contributed by atoms with E-state index >= 15 is 0 Å². The van der Waals surface area contributed by atoms with Crippen LogP contribution in [-0.4, -0.2) is 54.8 Å². The Morgan fingerprint density at radius 3 is 2.81 bits per heavy atom. The molecule has 1 amide bonds. The molecule has 2 atom stereocenters. The molecular formula is C18H17N5O3. The van der Waals surface area contributed by atoms with Crippen LogP contribution >= 0.6 is 0 Å². The van der Waals surface area contributed by atoms with Crippen LogP contribution in [0, 0.1) is 0 Å². The smallest absolute Gasteiger partial charge is 0.276 e. The van der Waals surface area contributed by atoms with Crippen molar-refractivity contribution in [2.75, 3.05) is 6.54 Å². The number of carbonyl (C=O) groups is 1. The molecule has 3 aromatic heterocycles. The van der Waals surface area contributed by atoms with Gasteiger partial charge in [-0.2, -0.15) is 5.10 Å². The van der Waals surface area contributed by atoms with E-state index < -0.39 is 6.10 Å². The van der Waals surface area contributed by atoms with Crippen LogP contribution in [0.15, 0.2) is 47.2 Å². The first kappa shape index (κ1) is 16.3. The van der Waals surface area contributed by atoms with Gasteiger partial charge >= 0.3 is 0 Å². The van der Waals surface area contributed by atoms with Gasteiger partial charge in [-0.25, -0.2) is 4.98 Å². The molecule has 1 saturated heterocycles. The standard InChI is InChI=1S/C18H17N5O3/c1-11-16(24)9-23(11)18(25)15-10-26-17(20-15)8-12-5-6-14(22-21-12)13-4-2-3-7-19-13/h2-7,10-11,16,24H,8-9H2,1H3. The second-order valence-corrected chi connectivity index (χ2v) is 6.19. The van der Waals surface area contributed by atoms with Gasteiger partial charge in [0, 0.05) is 12.7 Å². The van der Waals surface area contributed by atoms with Crippen molar-refractivity contribution in [2.45, 2.75) is 25.5 Å². The van der Waals surface area contributed by atoms with Crippen LogP contribution in [0.4, 0.5) is 0 Å². The molecule has 4 rings (SSSR count). The Hall–Kier alpha value is -3.13. The van der Waals surface area contributed by atoms with Crippen molar-refractivity contribution in [3.8, 4) is 11.4 Å². The summed E-state index contributed by atoms with van der Waals surface area (Å²) < 4.78 is 5.38. The predicted molar refractivity (Wildman–Crippen MR) is 91.1 cm³/mol. The summed E-state index contributed by atoms with van der Waals surface area (Å²) in [6.45, 7) is 2.12. The number of oxazole rings is 1. The van der Waals surface area contributed by atoms with Gasteiger partial charge in [0.25, 0.3) is 5.91 Å². The Morgan fingerprint density at radius 1 is 1.27 bits per heavy atom. The van der Waals surface area contributed by atoms with Gasteiger partial charge in [-0.3, -0.25) is 9.78 Å². The zero-order chi connectivity index (χ0) is 18.1.